The van der Waals surface area contributed by atoms with E-state index in [4.69, 9.17) is 4.74 Å². The molecule has 0 spiro atoms. The van der Waals surface area contributed by atoms with Crippen LogP contribution in [0.1, 0.15) is 28.4 Å². The first-order valence-corrected chi connectivity index (χ1v) is 8.71. The van der Waals surface area contributed by atoms with Crippen LogP contribution in [-0.4, -0.2) is 12.2 Å². The Bertz CT molecular complexity index is 684. The Morgan fingerprint density at radius 2 is 1.71 bits per heavy atom. The summed E-state index contributed by atoms with van der Waals surface area (Å²) in [6, 6.07) is 7.75. The highest BCUT2D eigenvalue weighted by Crippen LogP contribution is 2.41. The summed E-state index contributed by atoms with van der Waals surface area (Å²) in [7, 11) is 1.63. The molecule has 112 valence electrons. The first-order chi connectivity index (χ1) is 9.86. The number of aliphatic hydroxyl groups is 1. The summed E-state index contributed by atoms with van der Waals surface area (Å²) in [6.07, 6.45) is -0.775. The SMILES string of the molecule is COc1c(C)cc(Br)c(C)c1C(O)c1cc(Br)ccc1Br. The van der Waals surface area contributed by atoms with E-state index < -0.39 is 6.10 Å². The van der Waals surface area contributed by atoms with Gasteiger partial charge in [0.2, 0.25) is 0 Å². The molecule has 0 aliphatic carbocycles. The summed E-state index contributed by atoms with van der Waals surface area (Å²) in [5.41, 5.74) is 3.53. The van der Waals surface area contributed by atoms with Crippen LogP contribution < -0.4 is 4.74 Å². The van der Waals surface area contributed by atoms with E-state index in [1.54, 1.807) is 7.11 Å². The number of benzene rings is 2. The molecule has 0 radical (unpaired) electrons. The predicted octanol–water partition coefficient (Wildman–Crippen LogP) is 5.68. The van der Waals surface area contributed by atoms with Crippen LogP contribution in [0.25, 0.3) is 0 Å². The molecular formula is C16H15Br3O2. The maximum Gasteiger partial charge on any atom is 0.128 e. The summed E-state index contributed by atoms with van der Waals surface area (Å²) < 4.78 is 8.25. The number of aliphatic hydroxyl groups excluding tert-OH is 1. The van der Waals surface area contributed by atoms with Gasteiger partial charge in [-0.3, -0.25) is 0 Å². The predicted molar refractivity (Wildman–Crippen MR) is 96.1 cm³/mol. The van der Waals surface area contributed by atoms with Gasteiger partial charge in [-0.25, -0.2) is 0 Å². The maximum atomic E-state index is 10.9. The summed E-state index contributed by atoms with van der Waals surface area (Å²) in [4.78, 5) is 0. The molecule has 2 nitrogen and oxygen atoms in total. The topological polar surface area (TPSA) is 29.5 Å². The number of methoxy groups -OCH3 is 1. The summed E-state index contributed by atoms with van der Waals surface area (Å²) in [5, 5.41) is 10.9. The monoisotopic (exact) mass is 476 g/mol. The Morgan fingerprint density at radius 1 is 1.05 bits per heavy atom. The Kier molecular flexibility index (Phi) is 5.52. The number of hydrogen-bond acceptors (Lipinski definition) is 2. The fraction of sp³-hybridized carbons (Fsp3) is 0.250. The lowest BCUT2D eigenvalue weighted by molar-refractivity contribution is 0.212. The van der Waals surface area contributed by atoms with E-state index in [-0.39, 0.29) is 0 Å². The first-order valence-electron chi connectivity index (χ1n) is 6.33. The standard InChI is InChI=1S/C16H15Br3O2/c1-8-6-13(19)9(2)14(16(8)21-3)15(20)11-7-10(17)4-5-12(11)18/h4-7,15,20H,1-3H3. The largest absolute Gasteiger partial charge is 0.496 e. The Morgan fingerprint density at radius 3 is 2.33 bits per heavy atom. The minimum Gasteiger partial charge on any atom is -0.496 e. The van der Waals surface area contributed by atoms with Crippen molar-refractivity contribution in [1.29, 1.82) is 0 Å². The first kappa shape index (κ1) is 17.0. The van der Waals surface area contributed by atoms with Gasteiger partial charge >= 0.3 is 0 Å². The van der Waals surface area contributed by atoms with E-state index >= 15 is 0 Å². The lowest BCUT2D eigenvalue weighted by atomic mass is 9.94. The van der Waals surface area contributed by atoms with Crippen molar-refractivity contribution in [2.45, 2.75) is 20.0 Å². The van der Waals surface area contributed by atoms with Crippen molar-refractivity contribution in [3.63, 3.8) is 0 Å². The number of halogens is 3. The van der Waals surface area contributed by atoms with Gasteiger partial charge in [0.25, 0.3) is 0 Å². The quantitative estimate of drug-likeness (QED) is 0.615. The van der Waals surface area contributed by atoms with Crippen LogP contribution in [0, 0.1) is 13.8 Å². The molecule has 0 bridgehead atoms. The highest BCUT2D eigenvalue weighted by Gasteiger charge is 2.23. The molecule has 0 saturated heterocycles. The van der Waals surface area contributed by atoms with Crippen molar-refractivity contribution in [3.05, 3.63) is 59.9 Å². The van der Waals surface area contributed by atoms with Crippen molar-refractivity contribution >= 4 is 47.8 Å². The van der Waals surface area contributed by atoms with Gasteiger partial charge in [0.1, 0.15) is 11.9 Å². The third-order valence-corrected chi connectivity index (χ3v) is 5.48. The van der Waals surface area contributed by atoms with Gasteiger partial charge in [0.15, 0.2) is 0 Å². The third kappa shape index (κ3) is 3.36. The van der Waals surface area contributed by atoms with Gasteiger partial charge in [-0.05, 0) is 49.2 Å². The van der Waals surface area contributed by atoms with Crippen LogP contribution >= 0.6 is 47.8 Å². The highest BCUT2D eigenvalue weighted by molar-refractivity contribution is 9.11. The van der Waals surface area contributed by atoms with E-state index in [2.05, 4.69) is 47.8 Å². The van der Waals surface area contributed by atoms with Crippen LogP contribution in [0.5, 0.6) is 5.75 Å². The molecule has 0 saturated carbocycles. The van der Waals surface area contributed by atoms with Crippen molar-refractivity contribution in [3.8, 4) is 5.75 Å². The molecule has 0 amide bonds. The second kappa shape index (κ2) is 6.82. The molecule has 1 atom stereocenters. The summed E-state index contributed by atoms with van der Waals surface area (Å²) in [5.74, 6) is 0.718. The minimum absolute atomic E-state index is 0.718. The van der Waals surface area contributed by atoms with E-state index in [9.17, 15) is 5.11 Å². The second-order valence-corrected chi connectivity index (χ2v) is 7.44. The number of ether oxygens (including phenoxy) is 1. The minimum atomic E-state index is -0.775. The molecule has 1 N–H and O–H groups in total. The molecule has 2 aromatic carbocycles. The van der Waals surface area contributed by atoms with Crippen LogP contribution in [0.3, 0.4) is 0 Å². The number of hydrogen-bond donors (Lipinski definition) is 1. The Labute approximate surface area is 149 Å². The van der Waals surface area contributed by atoms with Gasteiger partial charge in [0.05, 0.1) is 7.11 Å². The van der Waals surface area contributed by atoms with Crippen molar-refractivity contribution in [2.24, 2.45) is 0 Å². The molecule has 0 aliphatic rings. The molecular weight excluding hydrogens is 464 g/mol. The molecule has 0 aliphatic heterocycles. The van der Waals surface area contributed by atoms with Crippen molar-refractivity contribution in [1.82, 2.24) is 0 Å². The maximum absolute atomic E-state index is 10.9. The van der Waals surface area contributed by atoms with Gasteiger partial charge in [0, 0.05) is 24.5 Å². The van der Waals surface area contributed by atoms with Crippen LogP contribution in [0.4, 0.5) is 0 Å². The van der Waals surface area contributed by atoms with Gasteiger partial charge in [-0.1, -0.05) is 47.8 Å². The lowest BCUT2D eigenvalue weighted by Gasteiger charge is -2.21. The summed E-state index contributed by atoms with van der Waals surface area (Å²) in [6.45, 7) is 3.94. The second-order valence-electron chi connectivity index (χ2n) is 4.82. The van der Waals surface area contributed by atoms with E-state index in [1.807, 2.05) is 38.1 Å². The van der Waals surface area contributed by atoms with Crippen molar-refractivity contribution in [2.75, 3.05) is 7.11 Å². The average Bonchev–Trinajstić information content (AvgIpc) is 2.44. The molecule has 5 heteroatoms. The summed E-state index contributed by atoms with van der Waals surface area (Å²) >= 11 is 10.5. The van der Waals surface area contributed by atoms with Crippen molar-refractivity contribution < 1.29 is 9.84 Å². The number of rotatable bonds is 3. The highest BCUT2D eigenvalue weighted by atomic mass is 79.9. The van der Waals surface area contributed by atoms with E-state index in [0.29, 0.717) is 0 Å². The van der Waals surface area contributed by atoms with Crippen LogP contribution in [-0.2, 0) is 0 Å². The molecule has 0 heterocycles. The fourth-order valence-electron chi connectivity index (χ4n) is 2.36. The van der Waals surface area contributed by atoms with E-state index in [1.165, 1.54) is 0 Å². The zero-order valence-corrected chi connectivity index (χ0v) is 16.6. The molecule has 0 fully saturated rings. The van der Waals surface area contributed by atoms with Gasteiger partial charge < -0.3 is 9.84 Å². The van der Waals surface area contributed by atoms with Crippen LogP contribution in [0.15, 0.2) is 37.7 Å². The average molecular weight is 479 g/mol. The molecule has 0 aromatic heterocycles. The number of aryl methyl sites for hydroxylation is 1. The van der Waals surface area contributed by atoms with Gasteiger partial charge in [-0.15, -0.1) is 0 Å². The zero-order valence-electron chi connectivity index (χ0n) is 11.9. The molecule has 21 heavy (non-hydrogen) atoms. The molecule has 2 rings (SSSR count). The fourth-order valence-corrected chi connectivity index (χ4v) is 3.75. The van der Waals surface area contributed by atoms with Gasteiger partial charge in [-0.2, -0.15) is 0 Å². The molecule has 1 unspecified atom stereocenters. The Hall–Kier alpha value is -0.360. The van der Waals surface area contributed by atoms with E-state index in [0.717, 1.165) is 41.4 Å². The Balaban J connectivity index is 2.68. The zero-order chi connectivity index (χ0) is 15.7. The van der Waals surface area contributed by atoms with Crippen LogP contribution in [0.2, 0.25) is 0 Å². The smallest absolute Gasteiger partial charge is 0.128 e. The normalized spacial score (nSPS) is 12.3. The lowest BCUT2D eigenvalue weighted by Crippen LogP contribution is -2.07. The third-order valence-electron chi connectivity index (χ3n) is 3.44. The molecule has 2 aromatic rings.